The Morgan fingerprint density at radius 2 is 1.86 bits per heavy atom. The average Bonchev–Trinajstić information content (AvgIpc) is 2.65. The Morgan fingerprint density at radius 3 is 2.36 bits per heavy atom. The molecule has 152 valence electrons. The lowest BCUT2D eigenvalue weighted by Crippen LogP contribution is -2.48. The maximum atomic E-state index is 13.6. The first kappa shape index (κ1) is 21.7. The second-order valence-electron chi connectivity index (χ2n) is 6.46. The molecule has 0 fully saturated rings. The standard InChI is InChI=1S/C20H25FN2O4S/c1-5-19(15-9-11-18(27-3)12-10-15)22-20(24)14(2)23(28(4,25)26)17-8-6-7-16(21)13-17/h6-14,19H,5H2,1-4H3,(H,22,24). The van der Waals surface area contributed by atoms with Crippen LogP contribution in [0.15, 0.2) is 48.5 Å². The van der Waals surface area contributed by atoms with Crippen LogP contribution in [0.25, 0.3) is 0 Å². The van der Waals surface area contributed by atoms with E-state index in [1.54, 1.807) is 19.2 Å². The van der Waals surface area contributed by atoms with Crippen LogP contribution in [0, 0.1) is 5.82 Å². The van der Waals surface area contributed by atoms with Crippen LogP contribution in [0.1, 0.15) is 31.9 Å². The van der Waals surface area contributed by atoms with Gasteiger partial charge in [-0.1, -0.05) is 25.1 Å². The zero-order chi connectivity index (χ0) is 20.9. The summed E-state index contributed by atoms with van der Waals surface area (Å²) in [7, 11) is -2.23. The third-order valence-corrected chi connectivity index (χ3v) is 5.64. The second kappa shape index (κ2) is 9.05. The number of methoxy groups -OCH3 is 1. The number of ether oxygens (including phenoxy) is 1. The molecule has 0 radical (unpaired) electrons. The Morgan fingerprint density at radius 1 is 1.21 bits per heavy atom. The van der Waals surface area contributed by atoms with Crippen LogP contribution >= 0.6 is 0 Å². The van der Waals surface area contributed by atoms with E-state index in [1.165, 1.54) is 25.1 Å². The van der Waals surface area contributed by atoms with Crippen molar-refractivity contribution in [3.8, 4) is 5.75 Å². The highest BCUT2D eigenvalue weighted by Gasteiger charge is 2.30. The van der Waals surface area contributed by atoms with Crippen molar-refractivity contribution >= 4 is 21.6 Å². The fourth-order valence-corrected chi connectivity index (χ4v) is 4.14. The molecule has 28 heavy (non-hydrogen) atoms. The average molecular weight is 408 g/mol. The predicted molar refractivity (Wildman–Crippen MR) is 107 cm³/mol. The minimum atomic E-state index is -3.81. The van der Waals surface area contributed by atoms with E-state index in [0.717, 1.165) is 22.2 Å². The number of sulfonamides is 1. The van der Waals surface area contributed by atoms with Gasteiger partial charge in [0.2, 0.25) is 15.9 Å². The summed E-state index contributed by atoms with van der Waals surface area (Å²) in [6.07, 6.45) is 1.60. The SMILES string of the molecule is CCC(NC(=O)C(C)N(c1cccc(F)c1)S(C)(=O)=O)c1ccc(OC)cc1. The first-order valence-corrected chi connectivity index (χ1v) is 10.7. The van der Waals surface area contributed by atoms with Gasteiger partial charge in [-0.3, -0.25) is 9.10 Å². The second-order valence-corrected chi connectivity index (χ2v) is 8.32. The van der Waals surface area contributed by atoms with Crippen molar-refractivity contribution in [3.63, 3.8) is 0 Å². The van der Waals surface area contributed by atoms with E-state index in [2.05, 4.69) is 5.32 Å². The molecule has 0 aliphatic rings. The van der Waals surface area contributed by atoms with Crippen molar-refractivity contribution in [3.05, 3.63) is 59.9 Å². The van der Waals surface area contributed by atoms with Gasteiger partial charge in [-0.15, -0.1) is 0 Å². The molecule has 8 heteroatoms. The highest BCUT2D eigenvalue weighted by atomic mass is 32.2. The zero-order valence-electron chi connectivity index (χ0n) is 16.3. The molecule has 0 spiro atoms. The normalized spacial score (nSPS) is 13.5. The zero-order valence-corrected chi connectivity index (χ0v) is 17.2. The Labute approximate surface area is 165 Å². The third-order valence-electron chi connectivity index (χ3n) is 4.39. The van der Waals surface area contributed by atoms with Gasteiger partial charge in [0.25, 0.3) is 0 Å². The summed E-state index contributed by atoms with van der Waals surface area (Å²) in [5.41, 5.74) is 0.975. The molecule has 2 aromatic carbocycles. The summed E-state index contributed by atoms with van der Waals surface area (Å²) in [6.45, 7) is 3.39. The maximum absolute atomic E-state index is 13.6. The molecule has 2 atom stereocenters. The van der Waals surface area contributed by atoms with E-state index in [4.69, 9.17) is 4.74 Å². The van der Waals surface area contributed by atoms with Gasteiger partial charge in [0, 0.05) is 0 Å². The minimum absolute atomic E-state index is 0.0997. The van der Waals surface area contributed by atoms with Crippen LogP contribution in [-0.2, 0) is 14.8 Å². The van der Waals surface area contributed by atoms with Gasteiger partial charge in [0.15, 0.2) is 0 Å². The number of nitrogens with one attached hydrogen (secondary N) is 1. The predicted octanol–water partition coefficient (Wildman–Crippen LogP) is 3.26. The van der Waals surface area contributed by atoms with E-state index in [9.17, 15) is 17.6 Å². The molecule has 0 aliphatic carbocycles. The number of rotatable bonds is 8. The van der Waals surface area contributed by atoms with Crippen molar-refractivity contribution in [2.45, 2.75) is 32.4 Å². The molecule has 0 saturated carbocycles. The lowest BCUT2D eigenvalue weighted by Gasteiger charge is -2.29. The van der Waals surface area contributed by atoms with Gasteiger partial charge in [0.1, 0.15) is 17.6 Å². The van der Waals surface area contributed by atoms with Gasteiger partial charge in [-0.25, -0.2) is 12.8 Å². The van der Waals surface area contributed by atoms with E-state index in [0.29, 0.717) is 12.2 Å². The molecule has 0 bridgehead atoms. The van der Waals surface area contributed by atoms with Crippen LogP contribution in [0.5, 0.6) is 5.75 Å². The van der Waals surface area contributed by atoms with E-state index in [-0.39, 0.29) is 11.7 Å². The number of benzene rings is 2. The number of halogens is 1. The summed E-state index contributed by atoms with van der Waals surface area (Å²) in [4.78, 5) is 12.8. The topological polar surface area (TPSA) is 75.7 Å². The molecular formula is C20H25FN2O4S. The molecule has 1 amide bonds. The number of anilines is 1. The van der Waals surface area contributed by atoms with Crippen molar-refractivity contribution < 1.29 is 22.3 Å². The van der Waals surface area contributed by atoms with E-state index < -0.39 is 27.8 Å². The van der Waals surface area contributed by atoms with Gasteiger partial charge < -0.3 is 10.1 Å². The summed E-state index contributed by atoms with van der Waals surface area (Å²) in [6, 6.07) is 11.1. The van der Waals surface area contributed by atoms with E-state index >= 15 is 0 Å². The monoisotopic (exact) mass is 408 g/mol. The molecule has 2 rings (SSSR count). The molecule has 0 heterocycles. The highest BCUT2D eigenvalue weighted by molar-refractivity contribution is 7.92. The Bertz CT molecular complexity index is 916. The summed E-state index contributed by atoms with van der Waals surface area (Å²) in [5.74, 6) is -0.353. The first-order chi connectivity index (χ1) is 13.2. The molecule has 0 aromatic heterocycles. The number of hydrogen-bond donors (Lipinski definition) is 1. The molecule has 2 aromatic rings. The van der Waals surface area contributed by atoms with Crippen LogP contribution in [0.4, 0.5) is 10.1 Å². The summed E-state index contributed by atoms with van der Waals surface area (Å²) < 4.78 is 44.2. The summed E-state index contributed by atoms with van der Waals surface area (Å²) in [5, 5.41) is 2.88. The number of nitrogens with zero attached hydrogens (tertiary/aromatic N) is 1. The quantitative estimate of drug-likeness (QED) is 0.728. The van der Waals surface area contributed by atoms with Crippen molar-refractivity contribution in [2.75, 3.05) is 17.7 Å². The number of carbonyl (C=O) groups excluding carboxylic acids is 1. The minimum Gasteiger partial charge on any atom is -0.497 e. The maximum Gasteiger partial charge on any atom is 0.244 e. The van der Waals surface area contributed by atoms with E-state index in [1.807, 2.05) is 19.1 Å². The number of hydrogen-bond acceptors (Lipinski definition) is 4. The molecule has 0 aliphatic heterocycles. The number of carbonyl (C=O) groups is 1. The molecular weight excluding hydrogens is 383 g/mol. The van der Waals surface area contributed by atoms with Crippen LogP contribution < -0.4 is 14.4 Å². The molecule has 1 N–H and O–H groups in total. The largest absolute Gasteiger partial charge is 0.497 e. The van der Waals surface area contributed by atoms with Gasteiger partial charge in [-0.05, 0) is 49.2 Å². The highest BCUT2D eigenvalue weighted by Crippen LogP contribution is 2.24. The fraction of sp³-hybridized carbons (Fsp3) is 0.350. The first-order valence-electron chi connectivity index (χ1n) is 8.86. The summed E-state index contributed by atoms with van der Waals surface area (Å²) >= 11 is 0. The molecule has 6 nitrogen and oxygen atoms in total. The smallest absolute Gasteiger partial charge is 0.244 e. The van der Waals surface area contributed by atoms with Crippen molar-refractivity contribution in [1.82, 2.24) is 5.32 Å². The molecule has 0 saturated heterocycles. The number of amides is 1. The van der Waals surface area contributed by atoms with Crippen LogP contribution in [-0.4, -0.2) is 33.7 Å². The lowest BCUT2D eigenvalue weighted by atomic mass is 10.0. The Kier molecular flexibility index (Phi) is 7.01. The lowest BCUT2D eigenvalue weighted by molar-refractivity contribution is -0.122. The Balaban J connectivity index is 2.26. The fourth-order valence-electron chi connectivity index (χ4n) is 2.97. The van der Waals surface area contributed by atoms with Gasteiger partial charge in [-0.2, -0.15) is 0 Å². The van der Waals surface area contributed by atoms with Crippen LogP contribution in [0.3, 0.4) is 0 Å². The Hall–Kier alpha value is -2.61. The molecule has 2 unspecified atom stereocenters. The van der Waals surface area contributed by atoms with Crippen molar-refractivity contribution in [1.29, 1.82) is 0 Å². The van der Waals surface area contributed by atoms with Crippen LogP contribution in [0.2, 0.25) is 0 Å². The van der Waals surface area contributed by atoms with Gasteiger partial charge >= 0.3 is 0 Å². The van der Waals surface area contributed by atoms with Crippen molar-refractivity contribution in [2.24, 2.45) is 0 Å². The third kappa shape index (κ3) is 5.22. The van der Waals surface area contributed by atoms with Gasteiger partial charge in [0.05, 0.1) is 25.1 Å².